The van der Waals surface area contributed by atoms with Crippen LogP contribution in [0.15, 0.2) is 23.1 Å². The summed E-state index contributed by atoms with van der Waals surface area (Å²) in [5, 5.41) is 9.28. The molecule has 5 nitrogen and oxygen atoms in total. The lowest BCUT2D eigenvalue weighted by molar-refractivity contribution is 0.0585. The smallest absolute Gasteiger partial charge is 0.242 e. The zero-order valence-electron chi connectivity index (χ0n) is 11.9. The van der Waals surface area contributed by atoms with Crippen molar-refractivity contribution in [3.05, 3.63) is 28.8 Å². The minimum atomic E-state index is -3.71. The number of nitrogens with one attached hydrogen (secondary N) is 1. The van der Waals surface area contributed by atoms with E-state index >= 15 is 0 Å². The van der Waals surface area contributed by atoms with Gasteiger partial charge in [-0.15, -0.1) is 0 Å². The van der Waals surface area contributed by atoms with Crippen molar-refractivity contribution < 1.29 is 18.3 Å². The standard InChI is InChI=1S/C14H20ClNO4S/c1-10(12-4-6-20-7-5-12)16-21(18,19)14-8-11(9-17)2-3-13(14)15/h2-3,8,10,12,16-17H,4-7,9H2,1H3. The molecule has 1 aliphatic heterocycles. The van der Waals surface area contributed by atoms with E-state index in [9.17, 15) is 8.42 Å². The minimum Gasteiger partial charge on any atom is -0.392 e. The van der Waals surface area contributed by atoms with Crippen molar-refractivity contribution in [2.24, 2.45) is 5.92 Å². The van der Waals surface area contributed by atoms with Crippen molar-refractivity contribution in [2.45, 2.75) is 37.3 Å². The molecule has 1 heterocycles. The van der Waals surface area contributed by atoms with Gasteiger partial charge < -0.3 is 9.84 Å². The van der Waals surface area contributed by atoms with Crippen molar-refractivity contribution in [2.75, 3.05) is 13.2 Å². The summed E-state index contributed by atoms with van der Waals surface area (Å²) >= 11 is 5.99. The van der Waals surface area contributed by atoms with E-state index in [0.29, 0.717) is 18.8 Å². The summed E-state index contributed by atoms with van der Waals surface area (Å²) in [7, 11) is -3.71. The summed E-state index contributed by atoms with van der Waals surface area (Å²) in [5.74, 6) is 0.258. The van der Waals surface area contributed by atoms with Gasteiger partial charge in [-0.1, -0.05) is 17.7 Å². The normalized spacial score (nSPS) is 18.6. The third-order valence-electron chi connectivity index (χ3n) is 3.78. The number of aliphatic hydroxyl groups excluding tert-OH is 1. The maximum atomic E-state index is 12.5. The molecule has 1 unspecified atom stereocenters. The Kier molecular flexibility index (Phi) is 5.62. The number of hydrogen-bond donors (Lipinski definition) is 2. The second-order valence-electron chi connectivity index (χ2n) is 5.28. The molecule has 7 heteroatoms. The van der Waals surface area contributed by atoms with Gasteiger partial charge in [0.2, 0.25) is 10.0 Å². The van der Waals surface area contributed by atoms with Crippen LogP contribution in [0.5, 0.6) is 0 Å². The molecule has 1 aromatic rings. The number of hydrogen-bond acceptors (Lipinski definition) is 4. The zero-order chi connectivity index (χ0) is 15.5. The van der Waals surface area contributed by atoms with E-state index in [2.05, 4.69) is 4.72 Å². The Morgan fingerprint density at radius 1 is 1.43 bits per heavy atom. The zero-order valence-corrected chi connectivity index (χ0v) is 13.5. The highest BCUT2D eigenvalue weighted by molar-refractivity contribution is 7.89. The number of benzene rings is 1. The Hall–Kier alpha value is -0.660. The molecule has 0 spiro atoms. The fraction of sp³-hybridized carbons (Fsp3) is 0.571. The SMILES string of the molecule is CC(NS(=O)(=O)c1cc(CO)ccc1Cl)C1CCOCC1. The Bertz CT molecular complexity index is 585. The molecule has 1 atom stereocenters. The molecule has 0 aliphatic carbocycles. The molecule has 0 radical (unpaired) electrons. The first-order valence-corrected chi connectivity index (χ1v) is 8.79. The van der Waals surface area contributed by atoms with Gasteiger partial charge in [-0.25, -0.2) is 13.1 Å². The van der Waals surface area contributed by atoms with Crippen molar-refractivity contribution in [3.63, 3.8) is 0 Å². The second kappa shape index (κ2) is 7.07. The fourth-order valence-corrected chi connectivity index (χ4v) is 4.33. The van der Waals surface area contributed by atoms with Crippen LogP contribution >= 0.6 is 11.6 Å². The highest BCUT2D eigenvalue weighted by Gasteiger charge is 2.26. The Morgan fingerprint density at radius 3 is 2.71 bits per heavy atom. The molecule has 2 rings (SSSR count). The summed E-state index contributed by atoms with van der Waals surface area (Å²) in [4.78, 5) is 0.00891. The summed E-state index contributed by atoms with van der Waals surface area (Å²) in [5.41, 5.74) is 0.512. The van der Waals surface area contributed by atoms with Gasteiger partial charge in [0.05, 0.1) is 11.6 Å². The van der Waals surface area contributed by atoms with E-state index in [0.717, 1.165) is 12.8 Å². The monoisotopic (exact) mass is 333 g/mol. The van der Waals surface area contributed by atoms with Gasteiger partial charge in [-0.2, -0.15) is 0 Å². The summed E-state index contributed by atoms with van der Waals surface area (Å²) in [6, 6.07) is 4.30. The number of aliphatic hydroxyl groups is 1. The molecule has 0 saturated carbocycles. The van der Waals surface area contributed by atoms with E-state index in [1.54, 1.807) is 6.07 Å². The number of rotatable bonds is 5. The highest BCUT2D eigenvalue weighted by atomic mass is 35.5. The van der Waals surface area contributed by atoms with Crippen LogP contribution < -0.4 is 4.72 Å². The molecule has 1 saturated heterocycles. The fourth-order valence-electron chi connectivity index (χ4n) is 2.47. The van der Waals surface area contributed by atoms with Gasteiger partial charge in [0.15, 0.2) is 0 Å². The second-order valence-corrected chi connectivity index (χ2v) is 7.37. The maximum absolute atomic E-state index is 12.5. The first-order chi connectivity index (χ1) is 9.94. The average Bonchev–Trinajstić information content (AvgIpc) is 2.48. The van der Waals surface area contributed by atoms with Gasteiger partial charge in [0.1, 0.15) is 4.90 Å². The summed E-state index contributed by atoms with van der Waals surface area (Å²) in [6.45, 7) is 2.96. The minimum absolute atomic E-state index is 0.00891. The van der Waals surface area contributed by atoms with Gasteiger partial charge in [-0.05, 0) is 43.4 Å². The van der Waals surface area contributed by atoms with E-state index in [1.807, 2.05) is 6.92 Å². The number of halogens is 1. The third kappa shape index (κ3) is 4.17. The molecule has 118 valence electrons. The summed E-state index contributed by atoms with van der Waals surface area (Å²) < 4.78 is 32.9. The summed E-state index contributed by atoms with van der Waals surface area (Å²) in [6.07, 6.45) is 1.68. The predicted octanol–water partition coefficient (Wildman–Crippen LogP) is 1.93. The van der Waals surface area contributed by atoms with Crippen LogP contribution in [0.1, 0.15) is 25.3 Å². The van der Waals surface area contributed by atoms with Crippen molar-refractivity contribution in [1.29, 1.82) is 0 Å². The Labute approximate surface area is 130 Å². The molecule has 21 heavy (non-hydrogen) atoms. The molecular formula is C14H20ClNO4S. The predicted molar refractivity (Wildman–Crippen MR) is 80.7 cm³/mol. The van der Waals surface area contributed by atoms with Crippen molar-refractivity contribution in [1.82, 2.24) is 4.72 Å². The van der Waals surface area contributed by atoms with Gasteiger partial charge in [-0.3, -0.25) is 0 Å². The number of sulfonamides is 1. The van der Waals surface area contributed by atoms with Crippen LogP contribution in [0.2, 0.25) is 5.02 Å². The van der Waals surface area contributed by atoms with Crippen LogP contribution in [0.25, 0.3) is 0 Å². The first kappa shape index (κ1) is 16.7. The van der Waals surface area contributed by atoms with Crippen molar-refractivity contribution >= 4 is 21.6 Å². The van der Waals surface area contributed by atoms with E-state index in [4.69, 9.17) is 21.4 Å². The topological polar surface area (TPSA) is 75.6 Å². The third-order valence-corrected chi connectivity index (χ3v) is 5.82. The van der Waals surface area contributed by atoms with Crippen LogP contribution in [0.3, 0.4) is 0 Å². The molecule has 0 aromatic heterocycles. The van der Waals surface area contributed by atoms with Gasteiger partial charge >= 0.3 is 0 Å². The molecule has 1 fully saturated rings. The van der Waals surface area contributed by atoms with Crippen LogP contribution in [-0.4, -0.2) is 32.8 Å². The lowest BCUT2D eigenvalue weighted by Crippen LogP contribution is -2.40. The highest BCUT2D eigenvalue weighted by Crippen LogP contribution is 2.25. The lowest BCUT2D eigenvalue weighted by atomic mass is 9.94. The first-order valence-electron chi connectivity index (χ1n) is 6.93. The molecule has 1 aliphatic rings. The van der Waals surface area contributed by atoms with Gasteiger partial charge in [0.25, 0.3) is 0 Å². The Morgan fingerprint density at radius 2 is 2.10 bits per heavy atom. The van der Waals surface area contributed by atoms with Gasteiger partial charge in [0, 0.05) is 19.3 Å². The van der Waals surface area contributed by atoms with Crippen LogP contribution in [-0.2, 0) is 21.4 Å². The van der Waals surface area contributed by atoms with E-state index in [-0.39, 0.29) is 28.5 Å². The molecular weight excluding hydrogens is 314 g/mol. The van der Waals surface area contributed by atoms with E-state index in [1.165, 1.54) is 12.1 Å². The Balaban J connectivity index is 2.17. The van der Waals surface area contributed by atoms with Crippen molar-refractivity contribution in [3.8, 4) is 0 Å². The molecule has 1 aromatic carbocycles. The maximum Gasteiger partial charge on any atom is 0.242 e. The van der Waals surface area contributed by atoms with Crippen LogP contribution in [0.4, 0.5) is 0 Å². The van der Waals surface area contributed by atoms with Crippen LogP contribution in [0, 0.1) is 5.92 Å². The molecule has 0 bridgehead atoms. The van der Waals surface area contributed by atoms with E-state index < -0.39 is 10.0 Å². The quantitative estimate of drug-likeness (QED) is 0.863. The lowest BCUT2D eigenvalue weighted by Gasteiger charge is -2.28. The average molecular weight is 334 g/mol. The molecule has 0 amide bonds. The molecule has 2 N–H and O–H groups in total. The number of ether oxygens (including phenoxy) is 1. The largest absolute Gasteiger partial charge is 0.392 e.